The van der Waals surface area contributed by atoms with Gasteiger partial charge in [0, 0.05) is 81.1 Å². The summed E-state index contributed by atoms with van der Waals surface area (Å²) in [5.74, 6) is -1.01. The summed E-state index contributed by atoms with van der Waals surface area (Å²) in [5.41, 5.74) is 9.90. The van der Waals surface area contributed by atoms with Crippen LogP contribution in [0.4, 0.5) is 0 Å². The SMILES string of the molecule is CCn1c(-c2cccnc2[C@H](C)OC)c(CC(C)(C)COC(C)=O)c2cc(-c3cc(O)cc(C[C@H](NC(=O)[C@H](C(C)C)N(C)C(=O)[C@@H]4C[C@H]4C)C(=O)N4CCCCN4)c3)ccc21. The number of rotatable bonds is 17. The monoisotopic (exact) mass is 850 g/mol. The molecular weight excluding hydrogens is 785 g/mol. The minimum absolute atomic E-state index is 0.0262. The van der Waals surface area contributed by atoms with E-state index in [-0.39, 0.29) is 60.4 Å². The van der Waals surface area contributed by atoms with E-state index in [1.54, 1.807) is 42.4 Å². The number of aryl methyl sites for hydroxylation is 1. The summed E-state index contributed by atoms with van der Waals surface area (Å²) in [5, 5.41) is 16.9. The zero-order valence-electron chi connectivity index (χ0n) is 38.2. The number of pyridine rings is 1. The maximum Gasteiger partial charge on any atom is 0.302 e. The van der Waals surface area contributed by atoms with Gasteiger partial charge >= 0.3 is 5.97 Å². The average molecular weight is 851 g/mol. The van der Waals surface area contributed by atoms with Crippen LogP contribution in [-0.2, 0) is 48.0 Å². The molecule has 13 nitrogen and oxygen atoms in total. The molecule has 1 aliphatic carbocycles. The number of likely N-dealkylation sites (N-methyl/N-ethyl adjacent to an activating group) is 1. The lowest BCUT2D eigenvalue weighted by Crippen LogP contribution is -2.59. The average Bonchev–Trinajstić information content (AvgIpc) is 3.90. The van der Waals surface area contributed by atoms with Crippen LogP contribution in [0.1, 0.15) is 97.6 Å². The van der Waals surface area contributed by atoms with Crippen LogP contribution < -0.4 is 10.7 Å². The van der Waals surface area contributed by atoms with E-state index >= 15 is 0 Å². The fourth-order valence-corrected chi connectivity index (χ4v) is 9.01. The molecule has 3 amide bonds. The molecule has 6 rings (SSSR count). The molecular formula is C49H66N6O7. The van der Waals surface area contributed by atoms with Crippen LogP contribution in [0.25, 0.3) is 33.3 Å². The van der Waals surface area contributed by atoms with E-state index < -0.39 is 17.5 Å². The van der Waals surface area contributed by atoms with Crippen molar-refractivity contribution in [2.45, 2.75) is 112 Å². The predicted molar refractivity (Wildman–Crippen MR) is 241 cm³/mol. The second-order valence-corrected chi connectivity index (χ2v) is 18.5. The lowest BCUT2D eigenvalue weighted by atomic mass is 9.84. The van der Waals surface area contributed by atoms with E-state index in [9.17, 15) is 24.3 Å². The molecule has 1 saturated carbocycles. The highest BCUT2D eigenvalue weighted by molar-refractivity contribution is 5.96. The number of carbonyl (C=O) groups excluding carboxylic acids is 4. The topological polar surface area (TPSA) is 155 Å². The minimum Gasteiger partial charge on any atom is -0.508 e. The zero-order valence-corrected chi connectivity index (χ0v) is 38.2. The summed E-state index contributed by atoms with van der Waals surface area (Å²) in [6.45, 7) is 17.6. The van der Waals surface area contributed by atoms with Crippen molar-refractivity contribution in [1.82, 2.24) is 30.2 Å². The first-order valence-electron chi connectivity index (χ1n) is 22.2. The summed E-state index contributed by atoms with van der Waals surface area (Å²) < 4.78 is 13.6. The Labute approximate surface area is 366 Å². The van der Waals surface area contributed by atoms with Gasteiger partial charge in [-0.05, 0) is 110 Å². The fourth-order valence-electron chi connectivity index (χ4n) is 9.01. The summed E-state index contributed by atoms with van der Waals surface area (Å²) in [6.07, 6.45) is 4.78. The van der Waals surface area contributed by atoms with Crippen molar-refractivity contribution in [1.29, 1.82) is 0 Å². The number of aromatic nitrogens is 2. The van der Waals surface area contributed by atoms with Gasteiger partial charge in [0.25, 0.3) is 5.91 Å². The molecule has 3 heterocycles. The van der Waals surface area contributed by atoms with E-state index in [1.807, 2.05) is 45.9 Å². The van der Waals surface area contributed by atoms with Crippen LogP contribution in [0, 0.1) is 23.2 Å². The summed E-state index contributed by atoms with van der Waals surface area (Å²) >= 11 is 0. The van der Waals surface area contributed by atoms with E-state index in [4.69, 9.17) is 14.5 Å². The molecule has 2 fully saturated rings. The van der Waals surface area contributed by atoms with Gasteiger partial charge in [-0.25, -0.2) is 5.43 Å². The van der Waals surface area contributed by atoms with Crippen LogP contribution in [0.15, 0.2) is 54.7 Å². The normalized spacial score (nSPS) is 18.0. The fraction of sp³-hybridized carbons (Fsp3) is 0.531. The van der Waals surface area contributed by atoms with Crippen molar-refractivity contribution in [2.75, 3.05) is 33.9 Å². The highest BCUT2D eigenvalue weighted by Crippen LogP contribution is 2.42. The van der Waals surface area contributed by atoms with Gasteiger partial charge in [-0.3, -0.25) is 29.2 Å². The van der Waals surface area contributed by atoms with Crippen LogP contribution in [-0.4, -0.2) is 94.2 Å². The van der Waals surface area contributed by atoms with Crippen LogP contribution in [0.3, 0.4) is 0 Å². The Balaban J connectivity index is 1.41. The molecule has 4 aromatic rings. The molecule has 0 bridgehead atoms. The van der Waals surface area contributed by atoms with Gasteiger partial charge in [-0.2, -0.15) is 0 Å². The van der Waals surface area contributed by atoms with Gasteiger partial charge in [0.1, 0.15) is 17.8 Å². The van der Waals surface area contributed by atoms with Gasteiger partial charge < -0.3 is 29.4 Å². The third-order valence-electron chi connectivity index (χ3n) is 12.5. The molecule has 0 spiro atoms. The summed E-state index contributed by atoms with van der Waals surface area (Å²) in [7, 11) is 3.35. The van der Waals surface area contributed by atoms with Crippen molar-refractivity contribution in [3.8, 4) is 28.1 Å². The molecule has 62 heavy (non-hydrogen) atoms. The van der Waals surface area contributed by atoms with Crippen molar-refractivity contribution in [2.24, 2.45) is 23.2 Å². The standard InChI is InChI=1S/C49H66N6O7/c1-11-54-42-17-16-34(26-39(42)40(27-49(7,8)28-62-32(6)56)45(54)37-15-14-18-50-43(37)31(5)61-10)35-22-33(23-36(57)25-35)24-41(48(60)55-20-13-12-19-51-55)52-46(58)44(29(2)3)53(9)47(59)38-21-30(38)4/h14-18,22-23,25-26,29-31,38,41,44,51,57H,11-13,19-21,24,27-28H2,1-10H3,(H,52,58)/t30-,31+,38-,41+,44+/m1/s1. The quantitative estimate of drug-likeness (QED) is 0.0934. The molecule has 0 unspecified atom stereocenters. The zero-order chi connectivity index (χ0) is 45.0. The first-order valence-corrected chi connectivity index (χ1v) is 22.2. The number of hydrogen-bond acceptors (Lipinski definition) is 9. The number of hydrogen-bond donors (Lipinski definition) is 3. The van der Waals surface area contributed by atoms with Gasteiger partial charge in [0.15, 0.2) is 0 Å². The Morgan fingerprint density at radius 1 is 1.06 bits per heavy atom. The molecule has 334 valence electrons. The Hall–Kier alpha value is -5.27. The number of fused-ring (bicyclic) bond motifs is 1. The van der Waals surface area contributed by atoms with E-state index in [0.29, 0.717) is 37.5 Å². The Kier molecular flexibility index (Phi) is 14.5. The molecule has 2 aromatic heterocycles. The highest BCUT2D eigenvalue weighted by Gasteiger charge is 2.44. The number of ether oxygens (including phenoxy) is 2. The first kappa shape index (κ1) is 46.2. The molecule has 2 aliphatic rings. The smallest absolute Gasteiger partial charge is 0.302 e. The van der Waals surface area contributed by atoms with Gasteiger partial charge in [0.05, 0.1) is 24.1 Å². The van der Waals surface area contributed by atoms with Gasteiger partial charge in [-0.15, -0.1) is 0 Å². The van der Waals surface area contributed by atoms with E-state index in [1.165, 1.54) is 6.92 Å². The molecule has 5 atom stereocenters. The molecule has 0 radical (unpaired) electrons. The third-order valence-corrected chi connectivity index (χ3v) is 12.5. The summed E-state index contributed by atoms with van der Waals surface area (Å²) in [6, 6.07) is 13.9. The largest absolute Gasteiger partial charge is 0.508 e. The first-order chi connectivity index (χ1) is 29.4. The van der Waals surface area contributed by atoms with Gasteiger partial charge in [-0.1, -0.05) is 46.8 Å². The summed E-state index contributed by atoms with van der Waals surface area (Å²) in [4.78, 5) is 60.0. The number of hydrazine groups is 1. The number of methoxy groups -OCH3 is 1. The lowest BCUT2D eigenvalue weighted by Gasteiger charge is -2.34. The number of phenols is 1. The number of benzene rings is 2. The maximum absolute atomic E-state index is 14.2. The molecule has 1 saturated heterocycles. The molecule has 13 heteroatoms. The number of esters is 1. The van der Waals surface area contributed by atoms with Crippen LogP contribution in [0.2, 0.25) is 0 Å². The number of aromatic hydroxyl groups is 1. The molecule has 1 aliphatic heterocycles. The van der Waals surface area contributed by atoms with Crippen LogP contribution in [0.5, 0.6) is 5.75 Å². The van der Waals surface area contributed by atoms with Crippen molar-refractivity contribution in [3.63, 3.8) is 0 Å². The Morgan fingerprint density at radius 3 is 2.44 bits per heavy atom. The van der Waals surface area contributed by atoms with E-state index in [2.05, 4.69) is 54.3 Å². The number of carbonyl (C=O) groups is 4. The Morgan fingerprint density at radius 2 is 1.81 bits per heavy atom. The highest BCUT2D eigenvalue weighted by atomic mass is 16.5. The second-order valence-electron chi connectivity index (χ2n) is 18.5. The molecule has 2 aromatic carbocycles. The minimum atomic E-state index is -0.967. The van der Waals surface area contributed by atoms with Crippen molar-refractivity contribution < 1.29 is 33.8 Å². The third kappa shape index (κ3) is 10.3. The predicted octanol–water partition coefficient (Wildman–Crippen LogP) is 7.23. The number of nitrogens with zero attached hydrogens (tertiary/aromatic N) is 4. The number of nitrogens with one attached hydrogen (secondary N) is 2. The Bertz CT molecular complexity index is 2280. The van der Waals surface area contributed by atoms with E-state index in [0.717, 1.165) is 63.8 Å². The van der Waals surface area contributed by atoms with Crippen molar-refractivity contribution >= 4 is 34.6 Å². The molecule has 3 N–H and O–H groups in total. The second kappa shape index (κ2) is 19.4. The number of phenolic OH excluding ortho intramolecular Hbond substituents is 1. The van der Waals surface area contributed by atoms with Crippen LogP contribution >= 0.6 is 0 Å². The van der Waals surface area contributed by atoms with Crippen molar-refractivity contribution in [3.05, 3.63) is 71.5 Å². The van der Waals surface area contributed by atoms with Gasteiger partial charge in [0.2, 0.25) is 11.8 Å². The maximum atomic E-state index is 14.2. The number of amides is 3. The lowest BCUT2D eigenvalue weighted by molar-refractivity contribution is -0.145.